The molecular weight excluding hydrogens is 174 g/mol. The van der Waals surface area contributed by atoms with E-state index in [0.717, 1.165) is 17.0 Å². The molecule has 0 aliphatic heterocycles. The van der Waals surface area contributed by atoms with E-state index in [9.17, 15) is 0 Å². The van der Waals surface area contributed by atoms with Crippen LogP contribution in [0.2, 0.25) is 0 Å². The number of hydrogen-bond donors (Lipinski definition) is 1. The Morgan fingerprint density at radius 1 is 1.43 bits per heavy atom. The van der Waals surface area contributed by atoms with Crippen molar-refractivity contribution in [3.63, 3.8) is 0 Å². The van der Waals surface area contributed by atoms with Crippen LogP contribution in [-0.2, 0) is 6.54 Å². The minimum Gasteiger partial charge on any atom is -0.325 e. The Labute approximate surface area is 83.6 Å². The fourth-order valence-corrected chi connectivity index (χ4v) is 1.73. The smallest absolute Gasteiger partial charge is 0.137 e. The summed E-state index contributed by atoms with van der Waals surface area (Å²) in [5.74, 6) is 0.424. The van der Waals surface area contributed by atoms with Crippen LogP contribution in [0, 0.1) is 0 Å². The van der Waals surface area contributed by atoms with E-state index < -0.39 is 0 Å². The van der Waals surface area contributed by atoms with Crippen molar-refractivity contribution in [1.29, 1.82) is 0 Å². The molecule has 0 amide bonds. The van der Waals surface area contributed by atoms with Gasteiger partial charge in [-0.25, -0.2) is 4.98 Å². The zero-order valence-corrected chi connectivity index (χ0v) is 8.57. The maximum absolute atomic E-state index is 5.74. The van der Waals surface area contributed by atoms with Crippen LogP contribution >= 0.6 is 0 Å². The van der Waals surface area contributed by atoms with Gasteiger partial charge in [0.15, 0.2) is 0 Å². The van der Waals surface area contributed by atoms with Crippen LogP contribution in [0.1, 0.15) is 31.2 Å². The van der Waals surface area contributed by atoms with Crippen molar-refractivity contribution in [3.8, 4) is 0 Å². The first-order valence-corrected chi connectivity index (χ1v) is 4.90. The van der Waals surface area contributed by atoms with E-state index >= 15 is 0 Å². The Bertz CT molecular complexity index is 443. The van der Waals surface area contributed by atoms with E-state index in [1.807, 2.05) is 24.4 Å². The maximum Gasteiger partial charge on any atom is 0.137 e. The summed E-state index contributed by atoms with van der Waals surface area (Å²) in [6.45, 7) is 4.82. The third-order valence-electron chi connectivity index (χ3n) is 2.40. The van der Waals surface area contributed by atoms with Gasteiger partial charge in [0.1, 0.15) is 5.65 Å². The molecule has 2 rings (SSSR count). The highest BCUT2D eigenvalue weighted by molar-refractivity contribution is 5.43. The number of hydrogen-bond acceptors (Lipinski definition) is 2. The number of nitrogens with zero attached hydrogens (tertiary/aromatic N) is 2. The second kappa shape index (κ2) is 3.42. The van der Waals surface area contributed by atoms with Crippen molar-refractivity contribution >= 4 is 5.65 Å². The largest absolute Gasteiger partial charge is 0.325 e. The van der Waals surface area contributed by atoms with Gasteiger partial charge in [0, 0.05) is 12.7 Å². The van der Waals surface area contributed by atoms with E-state index in [1.54, 1.807) is 0 Å². The molecule has 0 saturated heterocycles. The van der Waals surface area contributed by atoms with Crippen LogP contribution in [0.15, 0.2) is 24.4 Å². The first-order chi connectivity index (χ1) is 6.74. The zero-order valence-electron chi connectivity index (χ0n) is 8.57. The van der Waals surface area contributed by atoms with Crippen LogP contribution in [0.3, 0.4) is 0 Å². The quantitative estimate of drug-likeness (QED) is 0.784. The molecule has 2 aromatic heterocycles. The van der Waals surface area contributed by atoms with Crippen molar-refractivity contribution in [2.75, 3.05) is 0 Å². The summed E-state index contributed by atoms with van der Waals surface area (Å²) in [7, 11) is 0. The van der Waals surface area contributed by atoms with Crippen LogP contribution in [0.4, 0.5) is 0 Å². The standard InChI is InChI=1S/C11H15N3/c1-8(2)11-9(7-12)14-6-4-3-5-10(14)13-11/h3-6,8H,7,12H2,1-2H3. The number of rotatable bonds is 2. The van der Waals surface area contributed by atoms with Crippen molar-refractivity contribution in [1.82, 2.24) is 9.38 Å². The van der Waals surface area contributed by atoms with Crippen molar-refractivity contribution in [3.05, 3.63) is 35.8 Å². The van der Waals surface area contributed by atoms with E-state index in [1.165, 1.54) is 0 Å². The second-order valence-corrected chi connectivity index (χ2v) is 3.73. The fourth-order valence-electron chi connectivity index (χ4n) is 1.73. The summed E-state index contributed by atoms with van der Waals surface area (Å²) in [5.41, 5.74) is 8.95. The average molecular weight is 189 g/mol. The highest BCUT2D eigenvalue weighted by Crippen LogP contribution is 2.19. The van der Waals surface area contributed by atoms with Crippen LogP contribution in [-0.4, -0.2) is 9.38 Å². The summed E-state index contributed by atoms with van der Waals surface area (Å²) in [5, 5.41) is 0. The molecule has 2 N–H and O–H groups in total. The van der Waals surface area contributed by atoms with Gasteiger partial charge < -0.3 is 10.1 Å². The Morgan fingerprint density at radius 2 is 2.21 bits per heavy atom. The van der Waals surface area contributed by atoms with Crippen molar-refractivity contribution in [2.24, 2.45) is 5.73 Å². The zero-order chi connectivity index (χ0) is 10.1. The summed E-state index contributed by atoms with van der Waals surface area (Å²) >= 11 is 0. The number of fused-ring (bicyclic) bond motifs is 1. The molecule has 2 aromatic rings. The number of aromatic nitrogens is 2. The predicted molar refractivity (Wildman–Crippen MR) is 57.2 cm³/mol. The molecule has 0 unspecified atom stereocenters. The number of pyridine rings is 1. The second-order valence-electron chi connectivity index (χ2n) is 3.73. The number of imidazole rings is 1. The molecule has 0 bridgehead atoms. The molecule has 3 heteroatoms. The summed E-state index contributed by atoms with van der Waals surface area (Å²) in [6, 6.07) is 6.00. The van der Waals surface area contributed by atoms with Crippen LogP contribution in [0.25, 0.3) is 5.65 Å². The van der Waals surface area contributed by atoms with E-state index in [0.29, 0.717) is 12.5 Å². The number of nitrogens with two attached hydrogens (primary N) is 1. The fraction of sp³-hybridized carbons (Fsp3) is 0.364. The summed E-state index contributed by atoms with van der Waals surface area (Å²) in [4.78, 5) is 4.57. The first kappa shape index (κ1) is 9.21. The minimum atomic E-state index is 0.424. The molecule has 0 radical (unpaired) electrons. The highest BCUT2D eigenvalue weighted by atomic mass is 15.0. The molecule has 0 aliphatic carbocycles. The van der Waals surface area contributed by atoms with Crippen LogP contribution in [0.5, 0.6) is 0 Å². The van der Waals surface area contributed by atoms with Gasteiger partial charge in [0.2, 0.25) is 0 Å². The Hall–Kier alpha value is -1.35. The topological polar surface area (TPSA) is 43.3 Å². The Balaban J connectivity index is 2.72. The molecule has 0 spiro atoms. The normalized spacial score (nSPS) is 11.4. The SMILES string of the molecule is CC(C)c1nc2ccccn2c1CN. The molecule has 74 valence electrons. The molecule has 0 aromatic carbocycles. The highest BCUT2D eigenvalue weighted by Gasteiger charge is 2.12. The van der Waals surface area contributed by atoms with Gasteiger partial charge in [-0.2, -0.15) is 0 Å². The maximum atomic E-state index is 5.74. The lowest BCUT2D eigenvalue weighted by Crippen LogP contribution is -2.04. The first-order valence-electron chi connectivity index (χ1n) is 4.90. The van der Waals surface area contributed by atoms with E-state index in [-0.39, 0.29) is 0 Å². The summed E-state index contributed by atoms with van der Waals surface area (Å²) < 4.78 is 2.06. The Morgan fingerprint density at radius 3 is 2.86 bits per heavy atom. The van der Waals surface area contributed by atoms with Gasteiger partial charge in [-0.1, -0.05) is 19.9 Å². The molecule has 0 atom stereocenters. The molecular formula is C11H15N3. The monoisotopic (exact) mass is 189 g/mol. The van der Waals surface area contributed by atoms with Gasteiger partial charge in [0.25, 0.3) is 0 Å². The lowest BCUT2D eigenvalue weighted by Gasteiger charge is -2.03. The molecule has 2 heterocycles. The molecule has 0 saturated carbocycles. The minimum absolute atomic E-state index is 0.424. The third kappa shape index (κ3) is 1.30. The van der Waals surface area contributed by atoms with E-state index in [4.69, 9.17) is 5.73 Å². The van der Waals surface area contributed by atoms with Gasteiger partial charge in [-0.15, -0.1) is 0 Å². The third-order valence-corrected chi connectivity index (χ3v) is 2.40. The summed E-state index contributed by atoms with van der Waals surface area (Å²) in [6.07, 6.45) is 2.01. The molecule has 0 fully saturated rings. The molecule has 14 heavy (non-hydrogen) atoms. The van der Waals surface area contributed by atoms with Crippen LogP contribution < -0.4 is 5.73 Å². The van der Waals surface area contributed by atoms with Crippen molar-refractivity contribution < 1.29 is 0 Å². The Kier molecular flexibility index (Phi) is 2.25. The predicted octanol–water partition coefficient (Wildman–Crippen LogP) is 1.92. The van der Waals surface area contributed by atoms with E-state index in [2.05, 4.69) is 23.2 Å². The van der Waals surface area contributed by atoms with Gasteiger partial charge in [-0.3, -0.25) is 0 Å². The van der Waals surface area contributed by atoms with Gasteiger partial charge in [0.05, 0.1) is 11.4 Å². The lowest BCUT2D eigenvalue weighted by molar-refractivity contribution is 0.799. The van der Waals surface area contributed by atoms with Crippen molar-refractivity contribution in [2.45, 2.75) is 26.3 Å². The van der Waals surface area contributed by atoms with Gasteiger partial charge in [-0.05, 0) is 18.1 Å². The molecule has 0 aliphatic rings. The van der Waals surface area contributed by atoms with Gasteiger partial charge >= 0.3 is 0 Å². The molecule has 3 nitrogen and oxygen atoms in total. The average Bonchev–Trinajstić information content (AvgIpc) is 2.56. The lowest BCUT2D eigenvalue weighted by atomic mass is 10.1.